The molecule has 0 unspecified atom stereocenters. The molecule has 2 aromatic heterocycles. The van der Waals surface area contributed by atoms with E-state index >= 15 is 0 Å². The first-order valence-electron chi connectivity index (χ1n) is 7.20. The van der Waals surface area contributed by atoms with Crippen molar-refractivity contribution < 1.29 is 9.67 Å². The van der Waals surface area contributed by atoms with E-state index in [1.54, 1.807) is 17.4 Å². The van der Waals surface area contributed by atoms with Crippen molar-refractivity contribution in [2.75, 3.05) is 0 Å². The van der Waals surface area contributed by atoms with Crippen LogP contribution in [0.25, 0.3) is 10.1 Å². The Bertz CT molecular complexity index is 868. The van der Waals surface area contributed by atoms with Gasteiger partial charge in [0, 0.05) is 16.3 Å². The van der Waals surface area contributed by atoms with E-state index in [1.165, 1.54) is 0 Å². The van der Waals surface area contributed by atoms with Crippen LogP contribution in [-0.4, -0.2) is 5.11 Å². The van der Waals surface area contributed by atoms with Crippen LogP contribution in [-0.2, 0) is 13.5 Å². The maximum Gasteiger partial charge on any atom is 0.196 e. The van der Waals surface area contributed by atoms with E-state index in [0.717, 1.165) is 38.3 Å². The van der Waals surface area contributed by atoms with Gasteiger partial charge >= 0.3 is 0 Å². The average molecular weight is 312 g/mol. The lowest BCUT2D eigenvalue weighted by Crippen LogP contribution is -2.25. The lowest BCUT2D eigenvalue weighted by atomic mass is 10.1. The third-order valence-electron chi connectivity index (χ3n) is 3.53. The van der Waals surface area contributed by atoms with Gasteiger partial charge in [0.1, 0.15) is 24.2 Å². The van der Waals surface area contributed by atoms with Gasteiger partial charge in [0.15, 0.2) is 12.4 Å². The summed E-state index contributed by atoms with van der Waals surface area (Å²) < 4.78 is 2.94. The first-order chi connectivity index (χ1) is 10.6. The van der Waals surface area contributed by atoms with E-state index in [2.05, 4.69) is 17.2 Å². The summed E-state index contributed by atoms with van der Waals surface area (Å²) in [6.45, 7) is 4.09. The highest BCUT2D eigenvalue weighted by Gasteiger charge is 2.13. The Morgan fingerprint density at radius 1 is 1.27 bits per heavy atom. The van der Waals surface area contributed by atoms with Gasteiger partial charge in [-0.1, -0.05) is 6.92 Å². The number of aromatic hydroxyl groups is 1. The van der Waals surface area contributed by atoms with Crippen molar-refractivity contribution in [3.8, 4) is 5.75 Å². The molecule has 4 nitrogen and oxygen atoms in total. The summed E-state index contributed by atoms with van der Waals surface area (Å²) in [4.78, 5) is 1.15. The van der Waals surface area contributed by atoms with Crippen LogP contribution in [0.2, 0.25) is 0 Å². The van der Waals surface area contributed by atoms with Crippen LogP contribution in [0.15, 0.2) is 46.9 Å². The van der Waals surface area contributed by atoms with Gasteiger partial charge in [0.05, 0.1) is 4.70 Å². The van der Waals surface area contributed by atoms with Gasteiger partial charge in [0.25, 0.3) is 0 Å². The quantitative estimate of drug-likeness (QED) is 0.552. The minimum absolute atomic E-state index is 0.321. The van der Waals surface area contributed by atoms with Crippen molar-refractivity contribution in [2.24, 2.45) is 17.3 Å². The molecular formula is C17H18N3OS+. The summed E-state index contributed by atoms with van der Waals surface area (Å²) in [6, 6.07) is 7.66. The maximum atomic E-state index is 10.2. The second-order valence-electron chi connectivity index (χ2n) is 5.28. The normalized spacial score (nSPS) is 11.6. The zero-order valence-electron chi connectivity index (χ0n) is 12.9. The molecule has 0 saturated carbocycles. The van der Waals surface area contributed by atoms with Gasteiger partial charge in [-0.15, -0.1) is 21.6 Å². The largest absolute Gasteiger partial charge is 0.507 e. The minimum atomic E-state index is 0.321. The Kier molecular flexibility index (Phi) is 3.90. The fourth-order valence-corrected chi connectivity index (χ4v) is 3.50. The molecular weight excluding hydrogens is 294 g/mol. The number of azo groups is 1. The molecule has 0 atom stereocenters. The van der Waals surface area contributed by atoms with E-state index < -0.39 is 0 Å². The van der Waals surface area contributed by atoms with Gasteiger partial charge in [-0.25, -0.2) is 4.57 Å². The van der Waals surface area contributed by atoms with Crippen LogP contribution in [0, 0.1) is 6.92 Å². The molecule has 3 rings (SSSR count). The lowest BCUT2D eigenvalue weighted by Gasteiger charge is -2.05. The fourth-order valence-electron chi connectivity index (χ4n) is 2.46. The lowest BCUT2D eigenvalue weighted by molar-refractivity contribution is -0.670. The Labute approximate surface area is 133 Å². The zero-order chi connectivity index (χ0) is 15.7. The van der Waals surface area contributed by atoms with Crippen LogP contribution < -0.4 is 4.57 Å². The number of phenolic OH excluding ortho intramolecular Hbond substituents is 1. The molecule has 0 radical (unpaired) electrons. The average Bonchev–Trinajstić information content (AvgIpc) is 2.88. The first-order valence-corrected chi connectivity index (χ1v) is 8.02. The Morgan fingerprint density at radius 2 is 2.09 bits per heavy atom. The van der Waals surface area contributed by atoms with Crippen molar-refractivity contribution in [1.29, 1.82) is 0 Å². The van der Waals surface area contributed by atoms with Crippen LogP contribution in [0.5, 0.6) is 5.75 Å². The van der Waals surface area contributed by atoms with E-state index in [4.69, 9.17) is 0 Å². The molecule has 2 heterocycles. The van der Waals surface area contributed by atoms with Gasteiger partial charge in [-0.05, 0) is 37.1 Å². The third kappa shape index (κ3) is 2.72. The van der Waals surface area contributed by atoms with Gasteiger partial charge in [0.2, 0.25) is 0 Å². The predicted octanol–water partition coefficient (Wildman–Crippen LogP) is 4.72. The van der Waals surface area contributed by atoms with E-state index in [0.29, 0.717) is 5.75 Å². The molecule has 0 amide bonds. The van der Waals surface area contributed by atoms with Gasteiger partial charge in [-0.2, -0.15) is 0 Å². The van der Waals surface area contributed by atoms with Crippen LogP contribution in [0.3, 0.4) is 0 Å². The summed E-state index contributed by atoms with van der Waals surface area (Å²) in [5.74, 6) is 0.321. The molecule has 0 fully saturated rings. The van der Waals surface area contributed by atoms with Crippen LogP contribution in [0.4, 0.5) is 11.4 Å². The summed E-state index contributed by atoms with van der Waals surface area (Å²) in [7, 11) is 1.96. The standard InChI is InChI=1S/C17H17N3OS/c1-4-12-9-15(21)14-8-11(2)22-17(14)16(12)19-18-13-6-5-7-20(3)10-13/h5-10H,4H2,1-3H3/p+1. The number of fused-ring (bicyclic) bond motifs is 1. The number of benzene rings is 1. The van der Waals surface area contributed by atoms with Crippen LogP contribution in [0.1, 0.15) is 17.4 Å². The summed E-state index contributed by atoms with van der Waals surface area (Å²) in [6.07, 6.45) is 4.68. The van der Waals surface area contributed by atoms with Crippen molar-refractivity contribution in [1.82, 2.24) is 0 Å². The first kappa shape index (κ1) is 14.7. The molecule has 0 aliphatic rings. The van der Waals surface area contributed by atoms with E-state index in [9.17, 15) is 5.11 Å². The molecule has 0 aliphatic heterocycles. The highest BCUT2D eigenvalue weighted by molar-refractivity contribution is 7.19. The molecule has 3 aromatic rings. The minimum Gasteiger partial charge on any atom is -0.507 e. The Balaban J connectivity index is 2.14. The number of pyridine rings is 1. The second kappa shape index (κ2) is 5.85. The molecule has 0 saturated heterocycles. The molecule has 22 heavy (non-hydrogen) atoms. The molecule has 1 N–H and O–H groups in total. The number of thiophene rings is 1. The molecule has 112 valence electrons. The van der Waals surface area contributed by atoms with Crippen molar-refractivity contribution >= 4 is 32.8 Å². The van der Waals surface area contributed by atoms with Gasteiger partial charge in [-0.3, -0.25) is 0 Å². The Morgan fingerprint density at radius 3 is 2.82 bits per heavy atom. The number of aryl methyl sites for hydroxylation is 3. The molecule has 5 heteroatoms. The number of aromatic nitrogens is 1. The smallest absolute Gasteiger partial charge is 0.196 e. The SMILES string of the molecule is CCc1cc(O)c2cc(C)sc2c1N=Nc1ccc[n+](C)c1. The maximum absolute atomic E-state index is 10.2. The van der Waals surface area contributed by atoms with E-state index in [1.807, 2.05) is 49.1 Å². The van der Waals surface area contributed by atoms with Gasteiger partial charge < -0.3 is 5.11 Å². The topological polar surface area (TPSA) is 48.8 Å². The molecule has 0 bridgehead atoms. The summed E-state index contributed by atoms with van der Waals surface area (Å²) >= 11 is 1.64. The van der Waals surface area contributed by atoms with E-state index in [-0.39, 0.29) is 0 Å². The third-order valence-corrected chi connectivity index (χ3v) is 4.59. The highest BCUT2D eigenvalue weighted by atomic mass is 32.1. The zero-order valence-corrected chi connectivity index (χ0v) is 13.7. The molecule has 0 spiro atoms. The second-order valence-corrected chi connectivity index (χ2v) is 6.54. The Hall–Kier alpha value is -2.27. The summed E-state index contributed by atoms with van der Waals surface area (Å²) in [5.41, 5.74) is 2.68. The molecule has 0 aliphatic carbocycles. The number of hydrogen-bond donors (Lipinski definition) is 1. The van der Waals surface area contributed by atoms with Crippen molar-refractivity contribution in [3.05, 3.63) is 47.1 Å². The monoisotopic (exact) mass is 312 g/mol. The molecule has 1 aromatic carbocycles. The fraction of sp³-hybridized carbons (Fsp3) is 0.235. The van der Waals surface area contributed by atoms with Crippen molar-refractivity contribution in [2.45, 2.75) is 20.3 Å². The number of phenols is 1. The summed E-state index contributed by atoms with van der Waals surface area (Å²) in [5, 5.41) is 19.9. The number of hydrogen-bond acceptors (Lipinski definition) is 4. The predicted molar refractivity (Wildman–Crippen MR) is 89.4 cm³/mol. The number of rotatable bonds is 3. The van der Waals surface area contributed by atoms with Crippen molar-refractivity contribution in [3.63, 3.8) is 0 Å². The van der Waals surface area contributed by atoms with Crippen LogP contribution >= 0.6 is 11.3 Å². The highest BCUT2D eigenvalue weighted by Crippen LogP contribution is 2.42. The number of nitrogens with zero attached hydrogens (tertiary/aromatic N) is 3.